The highest BCUT2D eigenvalue weighted by atomic mass is 16.1. The first-order valence-electron chi connectivity index (χ1n) is 12.1. The number of nitrogens with zero attached hydrogens (tertiary/aromatic N) is 1. The van der Waals surface area contributed by atoms with E-state index in [1.165, 1.54) is 23.1 Å². The van der Waals surface area contributed by atoms with Gasteiger partial charge in [-0.3, -0.25) is 4.79 Å². The summed E-state index contributed by atoms with van der Waals surface area (Å²) in [6, 6.07) is 27.1. The first-order valence-corrected chi connectivity index (χ1v) is 12.1. The Morgan fingerprint density at radius 2 is 1.85 bits per heavy atom. The lowest BCUT2D eigenvalue weighted by Crippen LogP contribution is -2.37. The zero-order chi connectivity index (χ0) is 22.8. The second-order valence-corrected chi connectivity index (χ2v) is 9.68. The lowest BCUT2D eigenvalue weighted by Gasteiger charge is -2.27. The highest BCUT2D eigenvalue weighted by molar-refractivity contribution is 5.94. The fourth-order valence-corrected chi connectivity index (χ4v) is 5.56. The standard InChI is InChI=1S/C29H33N3O/c1-20(30)22-11-7-12-24(16-22)29(33)31-28-26(17-23-10-5-6-13-27(23)28)19-32-15-14-25(18-32)21-8-3-2-4-9-21/h2-13,16,20,25-26,28H,14-15,17-19,30H2,1H3,(H,31,33). The highest BCUT2D eigenvalue weighted by Crippen LogP contribution is 2.38. The van der Waals surface area contributed by atoms with Gasteiger partial charge in [-0.1, -0.05) is 66.7 Å². The molecule has 4 heteroatoms. The molecule has 1 aliphatic heterocycles. The van der Waals surface area contributed by atoms with Crippen LogP contribution in [0, 0.1) is 5.92 Å². The van der Waals surface area contributed by atoms with Gasteiger partial charge in [0.15, 0.2) is 0 Å². The van der Waals surface area contributed by atoms with Crippen molar-refractivity contribution >= 4 is 5.91 Å². The Bertz CT molecular complexity index is 1110. The van der Waals surface area contributed by atoms with Crippen LogP contribution < -0.4 is 11.1 Å². The summed E-state index contributed by atoms with van der Waals surface area (Å²) in [5.74, 6) is 0.953. The van der Waals surface area contributed by atoms with Crippen molar-refractivity contribution in [2.45, 2.75) is 37.8 Å². The summed E-state index contributed by atoms with van der Waals surface area (Å²) in [6.45, 7) is 5.15. The molecule has 1 fully saturated rings. The van der Waals surface area contributed by atoms with Crippen LogP contribution in [0.25, 0.3) is 0 Å². The molecule has 4 unspecified atom stereocenters. The molecule has 0 saturated carbocycles. The van der Waals surface area contributed by atoms with Crippen LogP contribution in [0.5, 0.6) is 0 Å². The minimum absolute atomic E-state index is 0.0206. The van der Waals surface area contributed by atoms with Crippen molar-refractivity contribution < 1.29 is 4.79 Å². The van der Waals surface area contributed by atoms with E-state index in [4.69, 9.17) is 5.73 Å². The molecular formula is C29H33N3O. The number of nitrogens with one attached hydrogen (secondary N) is 1. The summed E-state index contributed by atoms with van der Waals surface area (Å²) in [5.41, 5.74) is 11.8. The molecule has 0 aromatic heterocycles. The molecule has 3 N–H and O–H groups in total. The van der Waals surface area contributed by atoms with Crippen molar-refractivity contribution in [3.8, 4) is 0 Å². The van der Waals surface area contributed by atoms with Gasteiger partial charge < -0.3 is 16.0 Å². The van der Waals surface area contributed by atoms with E-state index in [1.807, 2.05) is 31.2 Å². The van der Waals surface area contributed by atoms with Crippen LogP contribution in [0.2, 0.25) is 0 Å². The van der Waals surface area contributed by atoms with Gasteiger partial charge in [0.1, 0.15) is 0 Å². The molecule has 3 aromatic rings. The summed E-state index contributed by atoms with van der Waals surface area (Å²) in [5, 5.41) is 3.38. The number of nitrogens with two attached hydrogens (primary N) is 1. The van der Waals surface area contributed by atoms with E-state index in [2.05, 4.69) is 64.8 Å². The molecule has 4 atom stereocenters. The summed E-state index contributed by atoms with van der Waals surface area (Å²) in [7, 11) is 0. The molecular weight excluding hydrogens is 406 g/mol. The number of likely N-dealkylation sites (tertiary alicyclic amines) is 1. The molecule has 1 aliphatic carbocycles. The van der Waals surface area contributed by atoms with Crippen LogP contribution >= 0.6 is 0 Å². The predicted molar refractivity (Wildman–Crippen MR) is 133 cm³/mol. The number of fused-ring (bicyclic) bond motifs is 1. The highest BCUT2D eigenvalue weighted by Gasteiger charge is 2.36. The summed E-state index contributed by atoms with van der Waals surface area (Å²) < 4.78 is 0. The third-order valence-electron chi connectivity index (χ3n) is 7.34. The molecule has 1 heterocycles. The van der Waals surface area contributed by atoms with E-state index in [-0.39, 0.29) is 18.0 Å². The summed E-state index contributed by atoms with van der Waals surface area (Å²) in [6.07, 6.45) is 2.21. The molecule has 33 heavy (non-hydrogen) atoms. The number of hydrogen-bond donors (Lipinski definition) is 2. The average Bonchev–Trinajstić information content (AvgIpc) is 3.45. The number of benzene rings is 3. The molecule has 5 rings (SSSR count). The largest absolute Gasteiger partial charge is 0.345 e. The topological polar surface area (TPSA) is 58.4 Å². The van der Waals surface area contributed by atoms with Gasteiger partial charge in [-0.15, -0.1) is 0 Å². The van der Waals surface area contributed by atoms with Gasteiger partial charge in [0, 0.05) is 30.6 Å². The van der Waals surface area contributed by atoms with Crippen LogP contribution in [0.1, 0.15) is 64.0 Å². The van der Waals surface area contributed by atoms with Crippen LogP contribution in [-0.4, -0.2) is 30.4 Å². The SMILES string of the molecule is CC(N)c1cccc(C(=O)NC2c3ccccc3CC2CN2CCC(c3ccccc3)C2)c1. The zero-order valence-corrected chi connectivity index (χ0v) is 19.3. The number of rotatable bonds is 6. The van der Waals surface area contributed by atoms with Gasteiger partial charge in [0.05, 0.1) is 6.04 Å². The Kier molecular flexibility index (Phi) is 6.30. The van der Waals surface area contributed by atoms with Crippen molar-refractivity contribution in [3.63, 3.8) is 0 Å². The van der Waals surface area contributed by atoms with Gasteiger partial charge >= 0.3 is 0 Å². The van der Waals surface area contributed by atoms with Crippen molar-refractivity contribution in [2.75, 3.05) is 19.6 Å². The van der Waals surface area contributed by atoms with Crippen LogP contribution in [0.15, 0.2) is 78.9 Å². The Morgan fingerprint density at radius 3 is 2.67 bits per heavy atom. The van der Waals surface area contributed by atoms with Crippen LogP contribution in [0.4, 0.5) is 0 Å². The van der Waals surface area contributed by atoms with E-state index in [0.29, 0.717) is 17.4 Å². The van der Waals surface area contributed by atoms with E-state index >= 15 is 0 Å². The lowest BCUT2D eigenvalue weighted by molar-refractivity contribution is 0.0918. The van der Waals surface area contributed by atoms with Gasteiger partial charge in [-0.25, -0.2) is 0 Å². The quantitative estimate of drug-likeness (QED) is 0.578. The van der Waals surface area contributed by atoms with E-state index in [1.54, 1.807) is 0 Å². The molecule has 1 saturated heterocycles. The lowest BCUT2D eigenvalue weighted by atomic mass is 9.98. The monoisotopic (exact) mass is 439 g/mol. The molecule has 4 nitrogen and oxygen atoms in total. The third-order valence-corrected chi connectivity index (χ3v) is 7.34. The fourth-order valence-electron chi connectivity index (χ4n) is 5.56. The van der Waals surface area contributed by atoms with Gasteiger partial charge in [0.25, 0.3) is 5.91 Å². The maximum Gasteiger partial charge on any atom is 0.251 e. The first-order chi connectivity index (χ1) is 16.1. The van der Waals surface area contributed by atoms with Gasteiger partial charge in [-0.2, -0.15) is 0 Å². The van der Waals surface area contributed by atoms with Crippen LogP contribution in [-0.2, 0) is 6.42 Å². The van der Waals surface area contributed by atoms with Crippen molar-refractivity contribution in [3.05, 3.63) is 107 Å². The Labute approximate surface area is 196 Å². The summed E-state index contributed by atoms with van der Waals surface area (Å²) in [4.78, 5) is 15.8. The van der Waals surface area contributed by atoms with Crippen molar-refractivity contribution in [1.82, 2.24) is 10.2 Å². The molecule has 0 bridgehead atoms. The zero-order valence-electron chi connectivity index (χ0n) is 19.3. The number of amides is 1. The van der Waals surface area contributed by atoms with Crippen molar-refractivity contribution in [2.24, 2.45) is 11.7 Å². The predicted octanol–water partition coefficient (Wildman–Crippen LogP) is 4.84. The smallest absolute Gasteiger partial charge is 0.251 e. The second kappa shape index (κ2) is 9.50. The van der Waals surface area contributed by atoms with Gasteiger partial charge in [0.2, 0.25) is 0 Å². The molecule has 2 aliphatic rings. The maximum absolute atomic E-state index is 13.2. The normalized spacial score (nSPS) is 23.3. The molecule has 0 radical (unpaired) electrons. The van der Waals surface area contributed by atoms with E-state index < -0.39 is 0 Å². The minimum atomic E-state index is -0.0922. The fraction of sp³-hybridized carbons (Fsp3) is 0.345. The molecule has 0 spiro atoms. The first kappa shape index (κ1) is 21.9. The Balaban J connectivity index is 1.31. The molecule has 170 valence electrons. The summed E-state index contributed by atoms with van der Waals surface area (Å²) >= 11 is 0. The Morgan fingerprint density at radius 1 is 1.06 bits per heavy atom. The van der Waals surface area contributed by atoms with Gasteiger partial charge in [-0.05, 0) is 66.6 Å². The Hall–Kier alpha value is -2.95. The number of carbonyl (C=O) groups is 1. The minimum Gasteiger partial charge on any atom is -0.345 e. The average molecular weight is 440 g/mol. The van der Waals surface area contributed by atoms with Crippen molar-refractivity contribution in [1.29, 1.82) is 0 Å². The molecule has 1 amide bonds. The maximum atomic E-state index is 13.2. The second-order valence-electron chi connectivity index (χ2n) is 9.68. The molecule has 3 aromatic carbocycles. The third kappa shape index (κ3) is 4.73. The number of carbonyl (C=O) groups excluding carboxylic acids is 1. The van der Waals surface area contributed by atoms with Crippen LogP contribution in [0.3, 0.4) is 0 Å². The van der Waals surface area contributed by atoms with E-state index in [9.17, 15) is 4.79 Å². The number of hydrogen-bond acceptors (Lipinski definition) is 3. The van der Waals surface area contributed by atoms with E-state index in [0.717, 1.165) is 31.6 Å².